The largest absolute Gasteiger partial charge is 0.497 e. The lowest BCUT2D eigenvalue weighted by Crippen LogP contribution is -1.87. The van der Waals surface area contributed by atoms with E-state index in [2.05, 4.69) is 0 Å². The first kappa shape index (κ1) is 10.8. The molecule has 0 heterocycles. The Hall–Kier alpha value is -1.28. The van der Waals surface area contributed by atoms with Crippen LogP contribution in [-0.2, 0) is 4.74 Å². The summed E-state index contributed by atoms with van der Waals surface area (Å²) >= 11 is 0. The molecule has 0 aromatic heterocycles. The molecule has 0 aliphatic rings. The Balaban J connectivity index is 2.47. The number of benzene rings is 1. The molecule has 0 amide bonds. The fraction of sp³-hybridized carbons (Fsp3) is 0.333. The Labute approximate surface area is 85.2 Å². The summed E-state index contributed by atoms with van der Waals surface area (Å²) in [7, 11) is 1.67. The number of ether oxygens (including phenoxy) is 2. The highest BCUT2D eigenvalue weighted by molar-refractivity contribution is 5.50. The maximum Gasteiger partial charge on any atom is 0.118 e. The van der Waals surface area contributed by atoms with E-state index in [0.29, 0.717) is 6.61 Å². The van der Waals surface area contributed by atoms with Gasteiger partial charge in [0.15, 0.2) is 0 Å². The van der Waals surface area contributed by atoms with E-state index < -0.39 is 0 Å². The van der Waals surface area contributed by atoms with Gasteiger partial charge in [-0.25, -0.2) is 0 Å². The van der Waals surface area contributed by atoms with Crippen LogP contribution in [0.2, 0.25) is 0 Å². The van der Waals surface area contributed by atoms with Crippen LogP contribution in [0.1, 0.15) is 12.5 Å². The summed E-state index contributed by atoms with van der Waals surface area (Å²) in [6.45, 7) is 3.41. The third-order valence-corrected chi connectivity index (χ3v) is 1.84. The highest BCUT2D eigenvalue weighted by Crippen LogP contribution is 2.11. The van der Waals surface area contributed by atoms with E-state index in [1.807, 2.05) is 43.3 Å². The standard InChI is InChI=1S/C12H16O2/c1-3-14-10-4-5-11-6-8-12(13-2)9-7-11/h4-9H,3,10H2,1-2H3. The number of rotatable bonds is 5. The third-order valence-electron chi connectivity index (χ3n) is 1.84. The van der Waals surface area contributed by atoms with Crippen molar-refractivity contribution >= 4 is 6.08 Å². The van der Waals surface area contributed by atoms with Crippen molar-refractivity contribution in [2.24, 2.45) is 0 Å². The second-order valence-electron chi connectivity index (χ2n) is 2.83. The number of hydrogen-bond acceptors (Lipinski definition) is 2. The zero-order chi connectivity index (χ0) is 10.2. The molecule has 0 spiro atoms. The van der Waals surface area contributed by atoms with Crippen LogP contribution in [0, 0.1) is 0 Å². The molecule has 1 aromatic rings. The van der Waals surface area contributed by atoms with Crippen molar-refractivity contribution < 1.29 is 9.47 Å². The first-order chi connectivity index (χ1) is 6.86. The average molecular weight is 192 g/mol. The van der Waals surface area contributed by atoms with Gasteiger partial charge >= 0.3 is 0 Å². The minimum atomic E-state index is 0.669. The molecule has 0 fully saturated rings. The Morgan fingerprint density at radius 1 is 1.21 bits per heavy atom. The maximum atomic E-state index is 5.19. The van der Waals surface area contributed by atoms with Gasteiger partial charge in [0.1, 0.15) is 5.75 Å². The Kier molecular flexibility index (Phi) is 4.79. The van der Waals surface area contributed by atoms with Crippen molar-refractivity contribution in [3.63, 3.8) is 0 Å². The normalized spacial score (nSPS) is 10.7. The topological polar surface area (TPSA) is 18.5 Å². The molecule has 2 heteroatoms. The van der Waals surface area contributed by atoms with Crippen molar-refractivity contribution in [2.45, 2.75) is 6.92 Å². The van der Waals surface area contributed by atoms with Gasteiger partial charge in [0.2, 0.25) is 0 Å². The van der Waals surface area contributed by atoms with E-state index in [9.17, 15) is 0 Å². The molecule has 0 aliphatic carbocycles. The van der Waals surface area contributed by atoms with Crippen LogP contribution in [-0.4, -0.2) is 20.3 Å². The van der Waals surface area contributed by atoms with Crippen molar-refractivity contribution in [2.75, 3.05) is 20.3 Å². The fourth-order valence-corrected chi connectivity index (χ4v) is 1.09. The predicted octanol–water partition coefficient (Wildman–Crippen LogP) is 2.74. The molecule has 1 aromatic carbocycles. The summed E-state index contributed by atoms with van der Waals surface area (Å²) in [4.78, 5) is 0. The Bertz CT molecular complexity index is 275. The van der Waals surface area contributed by atoms with Crippen molar-refractivity contribution in [1.29, 1.82) is 0 Å². The van der Waals surface area contributed by atoms with Gasteiger partial charge in [0.05, 0.1) is 13.7 Å². The summed E-state index contributed by atoms with van der Waals surface area (Å²) in [6.07, 6.45) is 4.04. The van der Waals surface area contributed by atoms with Crippen LogP contribution >= 0.6 is 0 Å². The molecule has 76 valence electrons. The Morgan fingerprint density at radius 3 is 2.50 bits per heavy atom. The van der Waals surface area contributed by atoms with Crippen LogP contribution in [0.5, 0.6) is 5.75 Å². The molecule has 0 bridgehead atoms. The van der Waals surface area contributed by atoms with Crippen LogP contribution in [0.3, 0.4) is 0 Å². The quantitative estimate of drug-likeness (QED) is 0.668. The average Bonchev–Trinajstić information content (AvgIpc) is 2.25. The zero-order valence-electron chi connectivity index (χ0n) is 8.69. The molecule has 0 unspecified atom stereocenters. The summed E-state index contributed by atoms with van der Waals surface area (Å²) in [5.41, 5.74) is 1.16. The molecule has 0 aliphatic heterocycles. The molecule has 0 saturated carbocycles. The van der Waals surface area contributed by atoms with Gasteiger partial charge in [0, 0.05) is 6.61 Å². The number of methoxy groups -OCH3 is 1. The molecule has 1 rings (SSSR count). The van der Waals surface area contributed by atoms with Crippen molar-refractivity contribution in [3.8, 4) is 5.75 Å². The lowest BCUT2D eigenvalue weighted by molar-refractivity contribution is 0.178. The van der Waals surface area contributed by atoms with E-state index in [1.54, 1.807) is 7.11 Å². The summed E-state index contributed by atoms with van der Waals surface area (Å²) < 4.78 is 10.3. The van der Waals surface area contributed by atoms with E-state index in [1.165, 1.54) is 0 Å². The first-order valence-corrected chi connectivity index (χ1v) is 4.75. The van der Waals surface area contributed by atoms with Gasteiger partial charge in [0.25, 0.3) is 0 Å². The maximum absolute atomic E-state index is 5.19. The molecule has 2 nitrogen and oxygen atoms in total. The summed E-state index contributed by atoms with van der Waals surface area (Å²) in [5, 5.41) is 0. The van der Waals surface area contributed by atoms with Gasteiger partial charge in [-0.1, -0.05) is 24.3 Å². The molecule has 0 atom stereocenters. The summed E-state index contributed by atoms with van der Waals surface area (Å²) in [5.74, 6) is 0.881. The second-order valence-corrected chi connectivity index (χ2v) is 2.83. The lowest BCUT2D eigenvalue weighted by atomic mass is 10.2. The zero-order valence-corrected chi connectivity index (χ0v) is 8.69. The van der Waals surface area contributed by atoms with Gasteiger partial charge in [-0.2, -0.15) is 0 Å². The SMILES string of the molecule is CCOCC=Cc1ccc(OC)cc1. The van der Waals surface area contributed by atoms with Crippen LogP contribution in [0.15, 0.2) is 30.3 Å². The van der Waals surface area contributed by atoms with Gasteiger partial charge in [-0.15, -0.1) is 0 Å². The molecule has 0 N–H and O–H groups in total. The smallest absolute Gasteiger partial charge is 0.118 e. The monoisotopic (exact) mass is 192 g/mol. The van der Waals surface area contributed by atoms with E-state index >= 15 is 0 Å². The lowest BCUT2D eigenvalue weighted by Gasteiger charge is -1.99. The highest BCUT2D eigenvalue weighted by atomic mass is 16.5. The van der Waals surface area contributed by atoms with E-state index in [4.69, 9.17) is 9.47 Å². The van der Waals surface area contributed by atoms with E-state index in [-0.39, 0.29) is 0 Å². The first-order valence-electron chi connectivity index (χ1n) is 4.75. The van der Waals surface area contributed by atoms with E-state index in [0.717, 1.165) is 17.9 Å². The van der Waals surface area contributed by atoms with Gasteiger partial charge < -0.3 is 9.47 Å². The predicted molar refractivity (Wildman–Crippen MR) is 58.5 cm³/mol. The van der Waals surface area contributed by atoms with Crippen molar-refractivity contribution in [1.82, 2.24) is 0 Å². The molecule has 14 heavy (non-hydrogen) atoms. The van der Waals surface area contributed by atoms with Crippen LogP contribution < -0.4 is 4.74 Å². The molecule has 0 radical (unpaired) electrons. The minimum absolute atomic E-state index is 0.669. The third kappa shape index (κ3) is 3.62. The minimum Gasteiger partial charge on any atom is -0.497 e. The molecular weight excluding hydrogens is 176 g/mol. The summed E-state index contributed by atoms with van der Waals surface area (Å²) in [6, 6.07) is 7.92. The highest BCUT2D eigenvalue weighted by Gasteiger charge is 1.89. The second kappa shape index (κ2) is 6.22. The number of hydrogen-bond donors (Lipinski definition) is 0. The van der Waals surface area contributed by atoms with Gasteiger partial charge in [-0.05, 0) is 24.6 Å². The Morgan fingerprint density at radius 2 is 1.93 bits per heavy atom. The van der Waals surface area contributed by atoms with Crippen molar-refractivity contribution in [3.05, 3.63) is 35.9 Å². The van der Waals surface area contributed by atoms with Crippen LogP contribution in [0.25, 0.3) is 6.08 Å². The molecule has 0 saturated heterocycles. The van der Waals surface area contributed by atoms with Crippen LogP contribution in [0.4, 0.5) is 0 Å². The van der Waals surface area contributed by atoms with Gasteiger partial charge in [-0.3, -0.25) is 0 Å². The molecular formula is C12H16O2. The fourth-order valence-electron chi connectivity index (χ4n) is 1.09.